The summed E-state index contributed by atoms with van der Waals surface area (Å²) >= 11 is 0. The molecule has 2 atom stereocenters. The molecule has 14 heavy (non-hydrogen) atoms. The van der Waals surface area contributed by atoms with Crippen molar-refractivity contribution in [2.75, 3.05) is 13.1 Å². The van der Waals surface area contributed by atoms with Gasteiger partial charge in [-0.15, -0.1) is 0 Å². The molecule has 1 fully saturated rings. The maximum Gasteiger partial charge on any atom is 0.407 e. The van der Waals surface area contributed by atoms with Gasteiger partial charge in [0.2, 0.25) is 0 Å². The first kappa shape index (κ1) is 10.8. The average Bonchev–Trinajstić information content (AvgIpc) is 2.02. The summed E-state index contributed by atoms with van der Waals surface area (Å²) in [7, 11) is 0. The van der Waals surface area contributed by atoms with E-state index in [0.717, 1.165) is 4.90 Å². The van der Waals surface area contributed by atoms with Gasteiger partial charge in [0.1, 0.15) is 0 Å². The fourth-order valence-corrected chi connectivity index (χ4v) is 1.78. The second kappa shape index (κ2) is 3.45. The molecule has 6 heteroatoms. The summed E-state index contributed by atoms with van der Waals surface area (Å²) in [6.45, 7) is 1.73. The summed E-state index contributed by atoms with van der Waals surface area (Å²) < 4.78 is 0. The number of nitrogens with zero attached hydrogens (tertiary/aromatic N) is 1. The molecule has 0 bridgehead atoms. The van der Waals surface area contributed by atoms with E-state index >= 15 is 0 Å². The van der Waals surface area contributed by atoms with Crippen molar-refractivity contribution in [3.05, 3.63) is 0 Å². The first-order valence-corrected chi connectivity index (χ1v) is 4.32. The van der Waals surface area contributed by atoms with E-state index < -0.39 is 23.5 Å². The lowest BCUT2D eigenvalue weighted by Gasteiger charge is -2.39. The summed E-state index contributed by atoms with van der Waals surface area (Å²) in [5.74, 6) is -1.00. The van der Waals surface area contributed by atoms with E-state index in [2.05, 4.69) is 0 Å². The van der Waals surface area contributed by atoms with Gasteiger partial charge in [0.05, 0.1) is 5.41 Å². The molecular formula is C8H14N2O4. The van der Waals surface area contributed by atoms with Gasteiger partial charge in [0.15, 0.2) is 0 Å². The molecule has 1 rings (SSSR count). The number of carbonyl (C=O) groups is 2. The fraction of sp³-hybridized carbons (Fsp3) is 0.750. The Hall–Kier alpha value is -1.30. The van der Waals surface area contributed by atoms with Crippen molar-refractivity contribution < 1.29 is 19.8 Å². The van der Waals surface area contributed by atoms with Gasteiger partial charge in [0.25, 0.3) is 0 Å². The number of nitrogens with two attached hydrogens (primary N) is 1. The Labute approximate surface area is 81.3 Å². The van der Waals surface area contributed by atoms with Crippen LogP contribution < -0.4 is 5.73 Å². The highest BCUT2D eigenvalue weighted by Gasteiger charge is 2.42. The number of rotatable bonds is 1. The summed E-state index contributed by atoms with van der Waals surface area (Å²) in [5.41, 5.74) is 4.55. The molecule has 4 N–H and O–H groups in total. The lowest BCUT2D eigenvalue weighted by Crippen LogP contribution is -2.55. The molecule has 1 heterocycles. The maximum atomic E-state index is 10.9. The van der Waals surface area contributed by atoms with Crippen LogP contribution in [0.1, 0.15) is 13.3 Å². The second-order valence-corrected chi connectivity index (χ2v) is 3.99. The van der Waals surface area contributed by atoms with Crippen LogP contribution in [0.2, 0.25) is 0 Å². The zero-order valence-electron chi connectivity index (χ0n) is 7.93. The highest BCUT2D eigenvalue weighted by Crippen LogP contribution is 2.29. The summed E-state index contributed by atoms with van der Waals surface area (Å²) in [6.07, 6.45) is -0.806. The Bertz CT molecular complexity index is 268. The van der Waals surface area contributed by atoms with Gasteiger partial charge in [0, 0.05) is 19.1 Å². The van der Waals surface area contributed by atoms with Crippen LogP contribution in [0.3, 0.4) is 0 Å². The van der Waals surface area contributed by atoms with Gasteiger partial charge in [-0.2, -0.15) is 0 Å². The van der Waals surface area contributed by atoms with Crippen LogP contribution in [0.4, 0.5) is 4.79 Å². The first-order valence-electron chi connectivity index (χ1n) is 4.32. The number of amides is 1. The van der Waals surface area contributed by atoms with Crippen molar-refractivity contribution in [1.29, 1.82) is 0 Å². The monoisotopic (exact) mass is 202 g/mol. The molecule has 6 nitrogen and oxygen atoms in total. The minimum absolute atomic E-state index is 0.00532. The highest BCUT2D eigenvalue weighted by molar-refractivity contribution is 5.76. The third-order valence-electron chi connectivity index (χ3n) is 2.49. The Kier molecular flexibility index (Phi) is 2.66. The topological polar surface area (TPSA) is 104 Å². The van der Waals surface area contributed by atoms with Crippen molar-refractivity contribution in [3.8, 4) is 0 Å². The van der Waals surface area contributed by atoms with E-state index in [1.807, 2.05) is 0 Å². The number of hydrogen-bond acceptors (Lipinski definition) is 3. The average molecular weight is 202 g/mol. The molecule has 1 aliphatic rings. The van der Waals surface area contributed by atoms with E-state index in [1.165, 1.54) is 6.92 Å². The number of carboxylic acid groups (broad SMARTS) is 2. The molecular weight excluding hydrogens is 188 g/mol. The Morgan fingerprint density at radius 2 is 2.07 bits per heavy atom. The molecule has 0 radical (unpaired) electrons. The van der Waals surface area contributed by atoms with Crippen molar-refractivity contribution in [3.63, 3.8) is 0 Å². The van der Waals surface area contributed by atoms with Gasteiger partial charge in [-0.3, -0.25) is 4.79 Å². The van der Waals surface area contributed by atoms with Crippen LogP contribution >= 0.6 is 0 Å². The maximum absolute atomic E-state index is 10.9. The number of aliphatic carboxylic acids is 1. The van der Waals surface area contributed by atoms with Crippen LogP contribution in [-0.4, -0.2) is 46.3 Å². The van der Waals surface area contributed by atoms with E-state index in [1.54, 1.807) is 0 Å². The molecule has 0 aromatic rings. The predicted molar refractivity (Wildman–Crippen MR) is 47.9 cm³/mol. The molecule has 0 aromatic carbocycles. The highest BCUT2D eigenvalue weighted by atomic mass is 16.4. The minimum atomic E-state index is -1.12. The molecule has 0 aliphatic carbocycles. The number of piperidine rings is 1. The molecule has 80 valence electrons. The lowest BCUT2D eigenvalue weighted by molar-refractivity contribution is -0.151. The van der Waals surface area contributed by atoms with Crippen LogP contribution in [0.25, 0.3) is 0 Å². The third kappa shape index (κ3) is 1.95. The van der Waals surface area contributed by atoms with Crippen LogP contribution in [-0.2, 0) is 4.79 Å². The Morgan fingerprint density at radius 1 is 1.50 bits per heavy atom. The number of carboxylic acids is 1. The lowest BCUT2D eigenvalue weighted by atomic mass is 9.80. The third-order valence-corrected chi connectivity index (χ3v) is 2.49. The van der Waals surface area contributed by atoms with E-state index in [9.17, 15) is 9.59 Å². The van der Waals surface area contributed by atoms with Gasteiger partial charge in [-0.25, -0.2) is 4.79 Å². The van der Waals surface area contributed by atoms with Gasteiger partial charge < -0.3 is 20.8 Å². The van der Waals surface area contributed by atoms with E-state index in [-0.39, 0.29) is 13.1 Å². The Morgan fingerprint density at radius 3 is 2.50 bits per heavy atom. The van der Waals surface area contributed by atoms with Gasteiger partial charge >= 0.3 is 12.1 Å². The minimum Gasteiger partial charge on any atom is -0.481 e. The normalized spacial score (nSPS) is 32.7. The van der Waals surface area contributed by atoms with Crippen molar-refractivity contribution in [2.45, 2.75) is 19.4 Å². The standard InChI is InChI=1S/C8H14N2O4/c1-8(6(11)12)2-5(9)3-10(4-8)7(13)14/h5H,2-4,9H2,1H3,(H,11,12)(H,13,14)/t5-,8+/m0/s1. The van der Waals surface area contributed by atoms with Gasteiger partial charge in [-0.1, -0.05) is 0 Å². The number of likely N-dealkylation sites (tertiary alicyclic amines) is 1. The second-order valence-electron chi connectivity index (χ2n) is 3.99. The van der Waals surface area contributed by atoms with Crippen molar-refractivity contribution in [2.24, 2.45) is 11.1 Å². The molecule has 1 aliphatic heterocycles. The summed E-state index contributed by atoms with van der Waals surface area (Å²) in [4.78, 5) is 22.7. The number of hydrogen-bond donors (Lipinski definition) is 3. The SMILES string of the molecule is C[C@@]1(C(=O)O)C[C@H](N)CN(C(=O)O)C1. The van der Waals surface area contributed by atoms with Crippen LogP contribution in [0, 0.1) is 5.41 Å². The smallest absolute Gasteiger partial charge is 0.407 e. The van der Waals surface area contributed by atoms with Crippen molar-refractivity contribution >= 4 is 12.1 Å². The molecule has 1 saturated heterocycles. The largest absolute Gasteiger partial charge is 0.481 e. The summed E-state index contributed by atoms with van der Waals surface area (Å²) in [5, 5.41) is 17.7. The molecule has 0 saturated carbocycles. The van der Waals surface area contributed by atoms with E-state index in [4.69, 9.17) is 15.9 Å². The predicted octanol–water partition coefficient (Wildman–Crippen LogP) is -0.212. The zero-order chi connectivity index (χ0) is 10.9. The molecule has 0 unspecified atom stereocenters. The van der Waals surface area contributed by atoms with Crippen molar-refractivity contribution in [1.82, 2.24) is 4.90 Å². The Balaban J connectivity index is 2.81. The van der Waals surface area contributed by atoms with E-state index in [0.29, 0.717) is 6.42 Å². The quantitative estimate of drug-likeness (QED) is 0.545. The summed E-state index contributed by atoms with van der Waals surface area (Å²) in [6, 6.07) is -0.402. The molecule has 0 spiro atoms. The first-order chi connectivity index (χ1) is 6.35. The molecule has 1 amide bonds. The van der Waals surface area contributed by atoms with Crippen LogP contribution in [0.5, 0.6) is 0 Å². The zero-order valence-corrected chi connectivity index (χ0v) is 7.93. The molecule has 0 aromatic heterocycles. The fourth-order valence-electron chi connectivity index (χ4n) is 1.78. The van der Waals surface area contributed by atoms with Gasteiger partial charge in [-0.05, 0) is 13.3 Å². The van der Waals surface area contributed by atoms with Crippen LogP contribution in [0.15, 0.2) is 0 Å².